The number of benzene rings is 1. The first-order valence-corrected chi connectivity index (χ1v) is 7.24. The topological polar surface area (TPSA) is 87.1 Å². The molecule has 1 aromatic heterocycles. The summed E-state index contributed by atoms with van der Waals surface area (Å²) in [5, 5.41) is 14.1. The molecule has 112 valence electrons. The molecule has 7 nitrogen and oxygen atoms in total. The third-order valence-electron chi connectivity index (χ3n) is 4.00. The van der Waals surface area contributed by atoms with E-state index in [-0.39, 0.29) is 10.6 Å². The number of imidazole rings is 1. The van der Waals surface area contributed by atoms with Gasteiger partial charge >= 0.3 is 0 Å². The minimum absolute atomic E-state index is 0.0862. The summed E-state index contributed by atoms with van der Waals surface area (Å²) in [6.07, 6.45) is 3.52. The van der Waals surface area contributed by atoms with E-state index in [1.807, 2.05) is 7.05 Å². The second-order valence-corrected chi connectivity index (χ2v) is 5.42. The van der Waals surface area contributed by atoms with Crippen LogP contribution in [0.1, 0.15) is 19.3 Å². The highest BCUT2D eigenvalue weighted by atomic mass is 16.6. The molecule has 0 saturated carbocycles. The standard InChI is InChI=1S/C14H19N5O2/c1-15-9-11-4-2-3-7-18(11)14-16-12-6-5-10(19(20)21)8-13(12)17-14/h5-6,8,11,15H,2-4,7,9H2,1H3,(H,16,17). The van der Waals surface area contributed by atoms with Crippen molar-refractivity contribution in [1.29, 1.82) is 0 Å². The summed E-state index contributed by atoms with van der Waals surface area (Å²) in [6.45, 7) is 1.88. The highest BCUT2D eigenvalue weighted by Crippen LogP contribution is 2.26. The number of aromatic amines is 1. The van der Waals surface area contributed by atoms with Crippen LogP contribution in [0.15, 0.2) is 18.2 Å². The predicted molar refractivity (Wildman–Crippen MR) is 81.7 cm³/mol. The third kappa shape index (κ3) is 2.69. The van der Waals surface area contributed by atoms with Crippen molar-refractivity contribution < 1.29 is 4.92 Å². The van der Waals surface area contributed by atoms with Gasteiger partial charge in [0.15, 0.2) is 0 Å². The Kier molecular flexibility index (Phi) is 3.74. The van der Waals surface area contributed by atoms with Gasteiger partial charge in [-0.05, 0) is 32.4 Å². The zero-order valence-electron chi connectivity index (χ0n) is 12.0. The van der Waals surface area contributed by atoms with Gasteiger partial charge in [-0.3, -0.25) is 10.1 Å². The van der Waals surface area contributed by atoms with Gasteiger partial charge in [0.2, 0.25) is 5.95 Å². The second kappa shape index (κ2) is 5.69. The van der Waals surface area contributed by atoms with Gasteiger partial charge in [0, 0.05) is 31.3 Å². The summed E-state index contributed by atoms with van der Waals surface area (Å²) in [5.41, 5.74) is 1.57. The van der Waals surface area contributed by atoms with Crippen LogP contribution in [0.2, 0.25) is 0 Å². The van der Waals surface area contributed by atoms with Gasteiger partial charge in [-0.2, -0.15) is 0 Å². The molecule has 2 aromatic rings. The van der Waals surface area contributed by atoms with Gasteiger partial charge in [-0.25, -0.2) is 4.98 Å². The SMILES string of the molecule is CNCC1CCCCN1c1nc2ccc([N+](=O)[O-])cc2[nH]1. The molecule has 1 unspecified atom stereocenters. The molecule has 1 fully saturated rings. The molecule has 1 aliphatic heterocycles. The van der Waals surface area contributed by atoms with E-state index in [1.54, 1.807) is 12.1 Å². The first-order valence-electron chi connectivity index (χ1n) is 7.24. The van der Waals surface area contributed by atoms with Gasteiger partial charge in [0.1, 0.15) is 0 Å². The first kappa shape index (κ1) is 13.8. The maximum Gasteiger partial charge on any atom is 0.271 e. The highest BCUT2D eigenvalue weighted by molar-refractivity contribution is 5.80. The Morgan fingerprint density at radius 1 is 1.52 bits per heavy atom. The van der Waals surface area contributed by atoms with Crippen LogP contribution in [-0.4, -0.2) is 41.1 Å². The van der Waals surface area contributed by atoms with Crippen LogP contribution < -0.4 is 10.2 Å². The number of hydrogen-bond acceptors (Lipinski definition) is 5. The molecule has 1 atom stereocenters. The number of likely N-dealkylation sites (N-methyl/N-ethyl adjacent to an activating group) is 1. The normalized spacial score (nSPS) is 19.1. The number of nitrogens with one attached hydrogen (secondary N) is 2. The minimum atomic E-state index is -0.384. The number of H-pyrrole nitrogens is 1. The largest absolute Gasteiger partial charge is 0.338 e. The van der Waals surface area contributed by atoms with Crippen molar-refractivity contribution in [2.75, 3.05) is 25.0 Å². The number of hydrogen-bond donors (Lipinski definition) is 2. The van der Waals surface area contributed by atoms with Crippen molar-refractivity contribution in [3.63, 3.8) is 0 Å². The van der Waals surface area contributed by atoms with Gasteiger partial charge in [0.25, 0.3) is 5.69 Å². The zero-order chi connectivity index (χ0) is 14.8. The maximum absolute atomic E-state index is 10.8. The number of non-ortho nitro benzene ring substituents is 1. The summed E-state index contributed by atoms with van der Waals surface area (Å²) in [6, 6.07) is 5.15. The molecule has 2 N–H and O–H groups in total. The van der Waals surface area contributed by atoms with Crippen LogP contribution >= 0.6 is 0 Å². The van der Waals surface area contributed by atoms with E-state index >= 15 is 0 Å². The number of nitro benzene ring substituents is 1. The Morgan fingerprint density at radius 2 is 2.38 bits per heavy atom. The first-order chi connectivity index (χ1) is 10.2. The van der Waals surface area contributed by atoms with Crippen LogP contribution in [0.25, 0.3) is 11.0 Å². The summed E-state index contributed by atoms with van der Waals surface area (Å²) in [4.78, 5) is 20.5. The lowest BCUT2D eigenvalue weighted by Crippen LogP contribution is -2.45. The number of nitrogens with zero attached hydrogens (tertiary/aromatic N) is 3. The Labute approximate surface area is 122 Å². The summed E-state index contributed by atoms with van der Waals surface area (Å²) >= 11 is 0. The van der Waals surface area contributed by atoms with Gasteiger partial charge < -0.3 is 15.2 Å². The van der Waals surface area contributed by atoms with Crippen LogP contribution in [0.4, 0.5) is 11.6 Å². The average molecular weight is 289 g/mol. The molecular weight excluding hydrogens is 270 g/mol. The molecule has 3 rings (SSSR count). The zero-order valence-corrected chi connectivity index (χ0v) is 12.0. The lowest BCUT2D eigenvalue weighted by Gasteiger charge is -2.35. The van der Waals surface area contributed by atoms with E-state index < -0.39 is 0 Å². The number of rotatable bonds is 4. The maximum atomic E-state index is 10.8. The van der Waals surface area contributed by atoms with E-state index in [0.29, 0.717) is 11.6 Å². The van der Waals surface area contributed by atoms with Crippen molar-refractivity contribution in [3.8, 4) is 0 Å². The fourth-order valence-corrected chi connectivity index (χ4v) is 2.96. The van der Waals surface area contributed by atoms with Crippen LogP contribution in [0.5, 0.6) is 0 Å². The number of fused-ring (bicyclic) bond motifs is 1. The lowest BCUT2D eigenvalue weighted by atomic mass is 10.0. The van der Waals surface area contributed by atoms with Crippen molar-refractivity contribution >= 4 is 22.7 Å². The lowest BCUT2D eigenvalue weighted by molar-refractivity contribution is -0.384. The second-order valence-electron chi connectivity index (χ2n) is 5.42. The number of piperidine rings is 1. The minimum Gasteiger partial charge on any atom is -0.338 e. The van der Waals surface area contributed by atoms with Crippen LogP contribution in [0.3, 0.4) is 0 Å². The van der Waals surface area contributed by atoms with E-state index in [1.165, 1.54) is 12.5 Å². The Hall–Kier alpha value is -2.15. The molecule has 1 saturated heterocycles. The molecule has 0 aliphatic carbocycles. The van der Waals surface area contributed by atoms with Crippen LogP contribution in [-0.2, 0) is 0 Å². The average Bonchev–Trinajstić information content (AvgIpc) is 2.90. The fourth-order valence-electron chi connectivity index (χ4n) is 2.96. The number of anilines is 1. The molecule has 0 radical (unpaired) electrons. The highest BCUT2D eigenvalue weighted by Gasteiger charge is 2.24. The van der Waals surface area contributed by atoms with Gasteiger partial charge in [-0.15, -0.1) is 0 Å². The Bertz CT molecular complexity index is 652. The van der Waals surface area contributed by atoms with Crippen molar-refractivity contribution in [1.82, 2.24) is 15.3 Å². The molecule has 1 aromatic carbocycles. The molecule has 7 heteroatoms. The Morgan fingerprint density at radius 3 is 3.14 bits per heavy atom. The molecule has 2 heterocycles. The van der Waals surface area contributed by atoms with Crippen LogP contribution in [0, 0.1) is 10.1 Å². The molecule has 21 heavy (non-hydrogen) atoms. The smallest absolute Gasteiger partial charge is 0.271 e. The van der Waals surface area contributed by atoms with Gasteiger partial charge in [-0.1, -0.05) is 0 Å². The van der Waals surface area contributed by atoms with E-state index in [2.05, 4.69) is 20.2 Å². The number of nitro groups is 1. The van der Waals surface area contributed by atoms with E-state index in [0.717, 1.165) is 37.4 Å². The van der Waals surface area contributed by atoms with Crippen molar-refractivity contribution in [2.45, 2.75) is 25.3 Å². The molecule has 1 aliphatic rings. The Balaban J connectivity index is 1.93. The summed E-state index contributed by atoms with van der Waals surface area (Å²) in [5.74, 6) is 0.811. The quantitative estimate of drug-likeness (QED) is 0.664. The van der Waals surface area contributed by atoms with Crippen molar-refractivity contribution in [3.05, 3.63) is 28.3 Å². The van der Waals surface area contributed by atoms with E-state index in [4.69, 9.17) is 0 Å². The molecule has 0 spiro atoms. The predicted octanol–water partition coefficient (Wildman–Crippen LogP) is 2.05. The summed E-state index contributed by atoms with van der Waals surface area (Å²) in [7, 11) is 1.95. The van der Waals surface area contributed by atoms with E-state index in [9.17, 15) is 10.1 Å². The summed E-state index contributed by atoms with van der Waals surface area (Å²) < 4.78 is 0. The fraction of sp³-hybridized carbons (Fsp3) is 0.500. The monoisotopic (exact) mass is 289 g/mol. The molecule has 0 amide bonds. The molecule has 0 bridgehead atoms. The third-order valence-corrected chi connectivity index (χ3v) is 4.00. The van der Waals surface area contributed by atoms with Crippen molar-refractivity contribution in [2.24, 2.45) is 0 Å². The number of aromatic nitrogens is 2. The molecular formula is C14H19N5O2. The van der Waals surface area contributed by atoms with Gasteiger partial charge in [0.05, 0.1) is 16.0 Å².